The van der Waals surface area contributed by atoms with Crippen molar-refractivity contribution >= 4 is 23.6 Å². The van der Waals surface area contributed by atoms with Crippen LogP contribution in [0.25, 0.3) is 0 Å². The van der Waals surface area contributed by atoms with Gasteiger partial charge in [-0.1, -0.05) is 38.1 Å². The number of hydrogen-bond acceptors (Lipinski definition) is 4. The number of carbonyl (C=O) groups is 2. The van der Waals surface area contributed by atoms with Crippen LogP contribution >= 0.6 is 11.8 Å². The maximum Gasteiger partial charge on any atom is 0.245 e. The first-order valence-corrected chi connectivity index (χ1v) is 10.9. The molecule has 0 N–H and O–H groups in total. The second-order valence-corrected chi connectivity index (χ2v) is 9.16. The second kappa shape index (κ2) is 8.65. The molecule has 148 valence electrons. The van der Waals surface area contributed by atoms with Crippen molar-refractivity contribution in [2.45, 2.75) is 38.6 Å². The number of benzene rings is 1. The van der Waals surface area contributed by atoms with Crippen molar-refractivity contribution in [3.63, 3.8) is 0 Å². The summed E-state index contributed by atoms with van der Waals surface area (Å²) in [7, 11) is 2.09. The molecule has 0 saturated carbocycles. The summed E-state index contributed by atoms with van der Waals surface area (Å²) in [5, 5.41) is -0.0705. The molecule has 1 aromatic carbocycles. The summed E-state index contributed by atoms with van der Waals surface area (Å²) in [4.78, 5) is 32.4. The lowest BCUT2D eigenvalue weighted by molar-refractivity contribution is -0.146. The molecule has 0 bridgehead atoms. The highest BCUT2D eigenvalue weighted by atomic mass is 32.2. The minimum atomic E-state index is -0.375. The van der Waals surface area contributed by atoms with Crippen LogP contribution in [0.4, 0.5) is 0 Å². The Balaban J connectivity index is 1.89. The topological polar surface area (TPSA) is 43.9 Å². The summed E-state index contributed by atoms with van der Waals surface area (Å²) >= 11 is 1.64. The Morgan fingerprint density at radius 2 is 1.85 bits per heavy atom. The van der Waals surface area contributed by atoms with Crippen LogP contribution in [0.15, 0.2) is 24.3 Å². The fourth-order valence-corrected chi connectivity index (χ4v) is 5.21. The van der Waals surface area contributed by atoms with Gasteiger partial charge in [0.2, 0.25) is 11.8 Å². The highest BCUT2D eigenvalue weighted by Gasteiger charge is 2.43. The zero-order chi connectivity index (χ0) is 19.6. The van der Waals surface area contributed by atoms with Crippen molar-refractivity contribution < 1.29 is 9.59 Å². The highest BCUT2D eigenvalue weighted by Crippen LogP contribution is 2.42. The summed E-state index contributed by atoms with van der Waals surface area (Å²) in [5.74, 6) is 0.999. The van der Waals surface area contributed by atoms with E-state index in [4.69, 9.17) is 0 Å². The smallest absolute Gasteiger partial charge is 0.245 e. The van der Waals surface area contributed by atoms with Gasteiger partial charge in [-0.15, -0.1) is 11.8 Å². The monoisotopic (exact) mass is 389 g/mol. The first-order valence-electron chi connectivity index (χ1n) is 9.84. The molecule has 2 unspecified atom stereocenters. The van der Waals surface area contributed by atoms with Gasteiger partial charge in [-0.2, -0.15) is 0 Å². The Morgan fingerprint density at radius 3 is 2.48 bits per heavy atom. The summed E-state index contributed by atoms with van der Waals surface area (Å²) in [5.41, 5.74) is 2.32. The van der Waals surface area contributed by atoms with Gasteiger partial charge in [0.05, 0.1) is 5.75 Å². The van der Waals surface area contributed by atoms with Crippen LogP contribution in [-0.2, 0) is 9.59 Å². The molecule has 27 heavy (non-hydrogen) atoms. The summed E-state index contributed by atoms with van der Waals surface area (Å²) in [6.45, 7) is 9.61. The Bertz CT molecular complexity index is 686. The second-order valence-electron chi connectivity index (χ2n) is 8.09. The van der Waals surface area contributed by atoms with Crippen molar-refractivity contribution in [2.75, 3.05) is 39.0 Å². The minimum Gasteiger partial charge on any atom is -0.338 e. The number of likely N-dealkylation sites (N-methyl/N-ethyl adjacent to an activating group) is 1. The van der Waals surface area contributed by atoms with E-state index >= 15 is 0 Å². The van der Waals surface area contributed by atoms with E-state index in [1.54, 1.807) is 11.8 Å². The fraction of sp³-hybridized carbons (Fsp3) is 0.619. The third-order valence-electron chi connectivity index (χ3n) is 5.49. The minimum absolute atomic E-state index is 0.0705. The lowest BCUT2D eigenvalue weighted by atomic mass is 9.99. The number of amides is 2. The average molecular weight is 390 g/mol. The molecule has 0 aromatic heterocycles. The van der Waals surface area contributed by atoms with Gasteiger partial charge in [0.1, 0.15) is 11.4 Å². The molecular formula is C21H31N3O2S. The van der Waals surface area contributed by atoms with Crippen LogP contribution in [0.3, 0.4) is 0 Å². The van der Waals surface area contributed by atoms with Gasteiger partial charge >= 0.3 is 0 Å². The number of thioether (sulfide) groups is 1. The van der Waals surface area contributed by atoms with E-state index in [0.717, 1.165) is 31.7 Å². The Hall–Kier alpha value is -1.53. The fourth-order valence-electron chi connectivity index (χ4n) is 3.89. The van der Waals surface area contributed by atoms with Crippen molar-refractivity contribution in [2.24, 2.45) is 5.92 Å². The number of hydrogen-bond donors (Lipinski definition) is 0. The predicted octanol–water partition coefficient (Wildman–Crippen LogP) is 2.76. The van der Waals surface area contributed by atoms with Gasteiger partial charge < -0.3 is 14.7 Å². The van der Waals surface area contributed by atoms with E-state index in [9.17, 15) is 9.59 Å². The molecule has 0 radical (unpaired) electrons. The normalized spacial score (nSPS) is 22.6. The van der Waals surface area contributed by atoms with Gasteiger partial charge in [-0.3, -0.25) is 9.59 Å². The number of aryl methyl sites for hydroxylation is 1. The highest BCUT2D eigenvalue weighted by molar-refractivity contribution is 8.00. The first-order chi connectivity index (χ1) is 12.9. The van der Waals surface area contributed by atoms with Crippen LogP contribution in [0.5, 0.6) is 0 Å². The summed E-state index contributed by atoms with van der Waals surface area (Å²) in [6, 6.07) is 7.83. The molecule has 0 aliphatic carbocycles. The number of nitrogens with zero attached hydrogens (tertiary/aromatic N) is 3. The Kier molecular flexibility index (Phi) is 6.48. The Morgan fingerprint density at radius 1 is 1.19 bits per heavy atom. The third kappa shape index (κ3) is 4.49. The summed E-state index contributed by atoms with van der Waals surface area (Å²) in [6.07, 6.45) is 0.708. The van der Waals surface area contributed by atoms with Crippen molar-refractivity contribution in [3.8, 4) is 0 Å². The van der Waals surface area contributed by atoms with E-state index in [1.165, 1.54) is 5.56 Å². The van der Waals surface area contributed by atoms with Crippen LogP contribution in [0.1, 0.15) is 36.8 Å². The molecule has 2 saturated heterocycles. The maximum absolute atomic E-state index is 13.4. The van der Waals surface area contributed by atoms with Gasteiger partial charge in [0.15, 0.2) is 0 Å². The number of piperazine rings is 1. The zero-order valence-electron chi connectivity index (χ0n) is 16.9. The van der Waals surface area contributed by atoms with E-state index in [-0.39, 0.29) is 23.2 Å². The molecule has 2 aliphatic heterocycles. The SMILES string of the molecule is Cc1ccccc1C1SCC(=O)N1C(CC(C)C)C(=O)N1CCN(C)CC1. The Labute approximate surface area is 167 Å². The summed E-state index contributed by atoms with van der Waals surface area (Å²) < 4.78 is 0. The average Bonchev–Trinajstić information content (AvgIpc) is 3.01. The van der Waals surface area contributed by atoms with Gasteiger partial charge in [-0.05, 0) is 37.4 Å². The maximum atomic E-state index is 13.4. The zero-order valence-corrected chi connectivity index (χ0v) is 17.7. The van der Waals surface area contributed by atoms with Gasteiger partial charge in [-0.25, -0.2) is 0 Å². The standard InChI is InChI=1S/C21H31N3O2S/c1-15(2)13-18(20(26)23-11-9-22(4)10-12-23)24-19(25)14-27-21(24)17-8-6-5-7-16(17)3/h5-8,15,18,21H,9-14H2,1-4H3. The molecule has 6 heteroatoms. The quantitative estimate of drug-likeness (QED) is 0.777. The lowest BCUT2D eigenvalue weighted by Crippen LogP contribution is -2.55. The van der Waals surface area contributed by atoms with Crippen LogP contribution < -0.4 is 0 Å². The lowest BCUT2D eigenvalue weighted by Gasteiger charge is -2.39. The van der Waals surface area contributed by atoms with Crippen molar-refractivity contribution in [1.82, 2.24) is 14.7 Å². The van der Waals surface area contributed by atoms with Crippen molar-refractivity contribution in [3.05, 3.63) is 35.4 Å². The molecule has 5 nitrogen and oxygen atoms in total. The van der Waals surface area contributed by atoms with Crippen LogP contribution in [0.2, 0.25) is 0 Å². The first kappa shape index (κ1) is 20.2. The molecule has 0 spiro atoms. The van der Waals surface area contributed by atoms with Gasteiger partial charge in [0, 0.05) is 26.2 Å². The van der Waals surface area contributed by atoms with Crippen LogP contribution in [0, 0.1) is 12.8 Å². The molecule has 1 aromatic rings. The largest absolute Gasteiger partial charge is 0.338 e. The van der Waals surface area contributed by atoms with Crippen LogP contribution in [-0.4, -0.2) is 71.5 Å². The van der Waals surface area contributed by atoms with E-state index in [2.05, 4.69) is 44.9 Å². The van der Waals surface area contributed by atoms with Gasteiger partial charge in [0.25, 0.3) is 0 Å². The third-order valence-corrected chi connectivity index (χ3v) is 6.70. The molecule has 3 rings (SSSR count). The molecule has 2 atom stereocenters. The molecular weight excluding hydrogens is 358 g/mol. The van der Waals surface area contributed by atoms with E-state index in [0.29, 0.717) is 18.1 Å². The van der Waals surface area contributed by atoms with E-state index in [1.807, 2.05) is 21.9 Å². The molecule has 2 heterocycles. The van der Waals surface area contributed by atoms with Crippen molar-refractivity contribution in [1.29, 1.82) is 0 Å². The number of carbonyl (C=O) groups excluding carboxylic acids is 2. The predicted molar refractivity (Wildman–Crippen MR) is 111 cm³/mol. The molecule has 2 fully saturated rings. The number of rotatable bonds is 5. The molecule has 2 aliphatic rings. The van der Waals surface area contributed by atoms with E-state index < -0.39 is 0 Å². The molecule has 2 amide bonds.